The van der Waals surface area contributed by atoms with Crippen molar-refractivity contribution in [1.82, 2.24) is 0 Å². The maximum atomic E-state index is 11.6. The van der Waals surface area contributed by atoms with Gasteiger partial charge in [0, 0.05) is 12.2 Å². The van der Waals surface area contributed by atoms with E-state index in [0.29, 0.717) is 12.2 Å². The topological polar surface area (TPSA) is 57.5 Å². The fourth-order valence-corrected chi connectivity index (χ4v) is 3.43. The van der Waals surface area contributed by atoms with Crippen molar-refractivity contribution in [3.05, 3.63) is 12.2 Å². The summed E-state index contributed by atoms with van der Waals surface area (Å²) in [5.74, 6) is 0.306. The second kappa shape index (κ2) is 20.0. The van der Waals surface area contributed by atoms with Gasteiger partial charge in [0.2, 0.25) is 0 Å². The minimum Gasteiger partial charge on any atom is -0.394 e. The highest BCUT2D eigenvalue weighted by atomic mass is 32.2. The van der Waals surface area contributed by atoms with Gasteiger partial charge in [-0.1, -0.05) is 82.2 Å². The zero-order valence-electron chi connectivity index (χ0n) is 16.3. The van der Waals surface area contributed by atoms with E-state index in [1.165, 1.54) is 70.6 Å². The van der Waals surface area contributed by atoms with Gasteiger partial charge in [-0.3, -0.25) is 4.79 Å². The summed E-state index contributed by atoms with van der Waals surface area (Å²) in [6.45, 7) is 1.99. The Morgan fingerprint density at radius 3 is 1.96 bits per heavy atom. The number of carbonyl (C=O) groups excluding carboxylic acids is 1. The summed E-state index contributed by atoms with van der Waals surface area (Å²) in [7, 11) is 0. The van der Waals surface area contributed by atoms with Crippen molar-refractivity contribution in [1.29, 1.82) is 0 Å². The van der Waals surface area contributed by atoms with E-state index in [4.69, 9.17) is 5.11 Å². The number of thioether (sulfide) groups is 1. The van der Waals surface area contributed by atoms with Gasteiger partial charge in [-0.15, -0.1) is 0 Å². The number of carbonyl (C=O) groups is 1. The van der Waals surface area contributed by atoms with Crippen molar-refractivity contribution >= 4 is 16.9 Å². The molecular formula is C21H40O3S. The lowest BCUT2D eigenvalue weighted by molar-refractivity contribution is -0.111. The Morgan fingerprint density at radius 1 is 0.880 bits per heavy atom. The van der Waals surface area contributed by atoms with Gasteiger partial charge < -0.3 is 10.2 Å². The predicted octanol–water partition coefficient (Wildman–Crippen LogP) is 5.64. The molecule has 0 fully saturated rings. The molecule has 3 nitrogen and oxygen atoms in total. The van der Waals surface area contributed by atoms with Crippen molar-refractivity contribution in [3.63, 3.8) is 0 Å². The number of hydrogen-bond donors (Lipinski definition) is 2. The lowest BCUT2D eigenvalue weighted by Crippen LogP contribution is -2.15. The third-order valence-electron chi connectivity index (χ3n) is 4.29. The van der Waals surface area contributed by atoms with Crippen molar-refractivity contribution in [2.45, 2.75) is 103 Å². The van der Waals surface area contributed by atoms with Crippen LogP contribution in [0.5, 0.6) is 0 Å². The van der Waals surface area contributed by atoms with Crippen LogP contribution in [0.25, 0.3) is 0 Å². The highest BCUT2D eigenvalue weighted by Crippen LogP contribution is 2.13. The van der Waals surface area contributed by atoms with Crippen LogP contribution < -0.4 is 0 Å². The summed E-state index contributed by atoms with van der Waals surface area (Å²) in [5.41, 5.74) is 0. The minimum absolute atomic E-state index is 0.130. The Morgan fingerprint density at radius 2 is 1.40 bits per heavy atom. The summed E-state index contributed by atoms with van der Waals surface area (Å²) < 4.78 is 0. The summed E-state index contributed by atoms with van der Waals surface area (Å²) in [5, 5.41) is 18.0. The average Bonchev–Trinajstić information content (AvgIpc) is 2.62. The first-order chi connectivity index (χ1) is 12.2. The van der Waals surface area contributed by atoms with Crippen LogP contribution in [-0.2, 0) is 4.79 Å². The molecule has 0 saturated heterocycles. The Kier molecular flexibility index (Phi) is 19.7. The van der Waals surface area contributed by atoms with Crippen LogP contribution in [-0.4, -0.2) is 33.8 Å². The number of allylic oxidation sites excluding steroid dienone is 2. The quantitative estimate of drug-likeness (QED) is 0.241. The normalized spacial score (nSPS) is 12.8. The van der Waals surface area contributed by atoms with E-state index in [1.54, 1.807) is 0 Å². The van der Waals surface area contributed by atoms with E-state index in [-0.39, 0.29) is 11.7 Å². The third kappa shape index (κ3) is 19.8. The van der Waals surface area contributed by atoms with Gasteiger partial charge in [-0.05, 0) is 32.1 Å². The largest absolute Gasteiger partial charge is 0.394 e. The van der Waals surface area contributed by atoms with Gasteiger partial charge in [-0.25, -0.2) is 0 Å². The van der Waals surface area contributed by atoms with E-state index in [0.717, 1.165) is 24.6 Å². The number of unbranched alkanes of at least 4 members (excludes halogenated alkanes) is 11. The summed E-state index contributed by atoms with van der Waals surface area (Å²) in [6.07, 6.45) is 20.8. The van der Waals surface area contributed by atoms with Gasteiger partial charge in [0.1, 0.15) is 0 Å². The molecule has 0 spiro atoms. The fourth-order valence-electron chi connectivity index (χ4n) is 2.65. The van der Waals surface area contributed by atoms with Crippen LogP contribution in [0.3, 0.4) is 0 Å². The minimum atomic E-state index is -0.775. The van der Waals surface area contributed by atoms with Crippen LogP contribution >= 0.6 is 11.8 Å². The summed E-state index contributed by atoms with van der Waals surface area (Å²) in [6, 6.07) is 0. The molecule has 4 heteroatoms. The first-order valence-corrected chi connectivity index (χ1v) is 11.3. The Labute approximate surface area is 159 Å². The number of aliphatic hydroxyl groups is 2. The number of hydrogen-bond acceptors (Lipinski definition) is 4. The average molecular weight is 373 g/mol. The SMILES string of the molecule is CCCCCCCC/C=C/CCCCCCCC(=O)SC[C@@H](O)CO. The Hall–Kier alpha value is -0.320. The second-order valence-corrected chi connectivity index (χ2v) is 7.93. The predicted molar refractivity (Wildman–Crippen MR) is 110 cm³/mol. The monoisotopic (exact) mass is 372 g/mol. The van der Waals surface area contributed by atoms with Crippen LogP contribution in [0.15, 0.2) is 12.2 Å². The van der Waals surface area contributed by atoms with Crippen LogP contribution in [0.4, 0.5) is 0 Å². The Balaban J connectivity index is 3.22. The standard InChI is InChI=1S/C21H40O3S/c1-2-3-4-5-6-7-8-9-10-11-12-13-14-15-16-17-21(24)25-19-20(23)18-22/h9-10,20,22-23H,2-8,11-19H2,1H3/b10-9+/t20-/m0/s1. The van der Waals surface area contributed by atoms with Crippen LogP contribution in [0.2, 0.25) is 0 Å². The maximum Gasteiger partial charge on any atom is 0.189 e. The second-order valence-electron chi connectivity index (χ2n) is 6.85. The molecule has 0 saturated carbocycles. The summed E-state index contributed by atoms with van der Waals surface area (Å²) >= 11 is 1.14. The molecule has 2 N–H and O–H groups in total. The van der Waals surface area contributed by atoms with Crippen molar-refractivity contribution in [2.75, 3.05) is 12.4 Å². The van der Waals surface area contributed by atoms with Gasteiger partial charge in [0.05, 0.1) is 12.7 Å². The molecule has 0 aromatic rings. The first-order valence-electron chi connectivity index (χ1n) is 10.3. The lowest BCUT2D eigenvalue weighted by atomic mass is 10.1. The molecule has 0 aromatic heterocycles. The molecule has 0 unspecified atom stereocenters. The van der Waals surface area contributed by atoms with Crippen molar-refractivity contribution < 1.29 is 15.0 Å². The molecule has 0 aromatic carbocycles. The number of rotatable bonds is 18. The van der Waals surface area contributed by atoms with Crippen LogP contribution in [0.1, 0.15) is 96.8 Å². The molecule has 0 radical (unpaired) electrons. The summed E-state index contributed by atoms with van der Waals surface area (Å²) in [4.78, 5) is 11.6. The highest BCUT2D eigenvalue weighted by Gasteiger charge is 2.07. The zero-order chi connectivity index (χ0) is 18.6. The molecule has 0 aliphatic heterocycles. The highest BCUT2D eigenvalue weighted by molar-refractivity contribution is 8.13. The molecule has 1 atom stereocenters. The molecule has 0 bridgehead atoms. The van der Waals surface area contributed by atoms with E-state index in [9.17, 15) is 9.90 Å². The Bertz CT molecular complexity index is 318. The van der Waals surface area contributed by atoms with E-state index in [1.807, 2.05) is 0 Å². The van der Waals surface area contributed by atoms with E-state index >= 15 is 0 Å². The molecule has 0 rings (SSSR count). The molecular weight excluding hydrogens is 332 g/mol. The van der Waals surface area contributed by atoms with E-state index in [2.05, 4.69) is 19.1 Å². The van der Waals surface area contributed by atoms with Gasteiger partial charge in [0.15, 0.2) is 5.12 Å². The van der Waals surface area contributed by atoms with E-state index < -0.39 is 6.10 Å². The van der Waals surface area contributed by atoms with Crippen LogP contribution in [0, 0.1) is 0 Å². The third-order valence-corrected chi connectivity index (χ3v) is 5.37. The molecule has 0 aliphatic carbocycles. The molecule has 0 heterocycles. The molecule has 148 valence electrons. The number of aliphatic hydroxyl groups excluding tert-OH is 2. The van der Waals surface area contributed by atoms with Crippen molar-refractivity contribution in [3.8, 4) is 0 Å². The molecule has 0 aliphatic rings. The van der Waals surface area contributed by atoms with Crippen molar-refractivity contribution in [2.24, 2.45) is 0 Å². The molecule has 25 heavy (non-hydrogen) atoms. The van der Waals surface area contributed by atoms with Gasteiger partial charge in [0.25, 0.3) is 0 Å². The van der Waals surface area contributed by atoms with Gasteiger partial charge >= 0.3 is 0 Å². The lowest BCUT2D eigenvalue weighted by Gasteiger charge is -2.05. The molecule has 0 amide bonds. The first kappa shape index (κ1) is 24.7. The zero-order valence-corrected chi connectivity index (χ0v) is 17.1. The van der Waals surface area contributed by atoms with Gasteiger partial charge in [-0.2, -0.15) is 0 Å². The fraction of sp³-hybridized carbons (Fsp3) is 0.857. The maximum absolute atomic E-state index is 11.6. The smallest absolute Gasteiger partial charge is 0.189 e.